The summed E-state index contributed by atoms with van der Waals surface area (Å²) >= 11 is 0. The van der Waals surface area contributed by atoms with Gasteiger partial charge in [0.1, 0.15) is 17.1 Å². The van der Waals surface area contributed by atoms with Crippen molar-refractivity contribution in [1.29, 1.82) is 0 Å². The van der Waals surface area contributed by atoms with E-state index in [1.54, 1.807) is 24.3 Å². The summed E-state index contributed by atoms with van der Waals surface area (Å²) in [6.45, 7) is 7.15. The van der Waals surface area contributed by atoms with Crippen molar-refractivity contribution in [3.8, 4) is 11.5 Å². The number of benzene rings is 2. The number of hydrogen-bond donors (Lipinski definition) is 1. The zero-order valence-electron chi connectivity index (χ0n) is 19.8. The number of aryl methyl sites for hydroxylation is 1. The van der Waals surface area contributed by atoms with Crippen molar-refractivity contribution in [3.05, 3.63) is 59.2 Å². The Morgan fingerprint density at radius 3 is 2.82 bits per heavy atom. The van der Waals surface area contributed by atoms with Gasteiger partial charge in [0, 0.05) is 36.1 Å². The van der Waals surface area contributed by atoms with E-state index in [1.165, 1.54) is 5.56 Å². The highest BCUT2D eigenvalue weighted by molar-refractivity contribution is 5.94. The Balaban J connectivity index is 1.31. The van der Waals surface area contributed by atoms with Crippen LogP contribution in [-0.4, -0.2) is 53.3 Å². The Hall–Kier alpha value is -3.06. The van der Waals surface area contributed by atoms with Crippen LogP contribution in [0.15, 0.2) is 42.5 Å². The molecule has 2 aromatic carbocycles. The second-order valence-corrected chi connectivity index (χ2v) is 10.2. The molecule has 5 rings (SSSR count). The van der Waals surface area contributed by atoms with Gasteiger partial charge in [-0.25, -0.2) is 4.79 Å². The molecule has 3 aliphatic rings. The molecule has 0 unspecified atom stereocenters. The molecule has 4 atom stereocenters. The van der Waals surface area contributed by atoms with Gasteiger partial charge in [0.25, 0.3) is 5.91 Å². The van der Waals surface area contributed by atoms with Crippen molar-refractivity contribution in [2.45, 2.75) is 51.4 Å². The number of carboxylic acid groups (broad SMARTS) is 1. The first kappa shape index (κ1) is 22.7. The van der Waals surface area contributed by atoms with E-state index in [1.807, 2.05) is 4.90 Å². The Morgan fingerprint density at radius 1 is 1.21 bits per heavy atom. The number of carboxylic acids is 1. The maximum atomic E-state index is 13.3. The summed E-state index contributed by atoms with van der Waals surface area (Å²) in [6.07, 6.45) is 1.84. The van der Waals surface area contributed by atoms with Gasteiger partial charge in [-0.3, -0.25) is 4.79 Å². The number of likely N-dealkylation sites (tertiary alicyclic amines) is 1. The highest BCUT2D eigenvalue weighted by atomic mass is 16.5. The molecule has 0 spiro atoms. The lowest BCUT2D eigenvalue weighted by Gasteiger charge is -2.53. The van der Waals surface area contributed by atoms with Crippen molar-refractivity contribution < 1.29 is 28.9 Å². The van der Waals surface area contributed by atoms with Crippen molar-refractivity contribution in [3.63, 3.8) is 0 Å². The van der Waals surface area contributed by atoms with Gasteiger partial charge in [0.2, 0.25) is 0 Å². The molecule has 0 aromatic heterocycles. The Morgan fingerprint density at radius 2 is 2.03 bits per heavy atom. The third-order valence-corrected chi connectivity index (χ3v) is 7.38. The first-order chi connectivity index (χ1) is 16.2. The van der Waals surface area contributed by atoms with E-state index in [-0.39, 0.29) is 35.6 Å². The van der Waals surface area contributed by atoms with Crippen LogP contribution in [0.25, 0.3) is 0 Å². The number of amides is 1. The summed E-state index contributed by atoms with van der Waals surface area (Å²) in [6, 6.07) is 13.1. The largest absolute Gasteiger partial charge is 0.487 e. The second kappa shape index (κ2) is 8.62. The Kier molecular flexibility index (Phi) is 5.76. The number of nitrogens with zero attached hydrogens (tertiary/aromatic N) is 1. The van der Waals surface area contributed by atoms with E-state index in [2.05, 4.69) is 39.0 Å². The zero-order chi connectivity index (χ0) is 24.0. The van der Waals surface area contributed by atoms with Crippen LogP contribution in [0, 0.1) is 18.8 Å². The number of piperidine rings is 1. The fraction of sp³-hybridized carbons (Fsp3) is 0.481. The van der Waals surface area contributed by atoms with E-state index in [0.29, 0.717) is 24.4 Å². The van der Waals surface area contributed by atoms with Gasteiger partial charge in [-0.05, 0) is 63.4 Å². The van der Waals surface area contributed by atoms with Gasteiger partial charge in [0.05, 0.1) is 12.2 Å². The van der Waals surface area contributed by atoms with Gasteiger partial charge in [-0.1, -0.05) is 18.2 Å². The highest BCUT2D eigenvalue weighted by Gasteiger charge is 2.51. The molecule has 1 N–H and O–H groups in total. The third-order valence-electron chi connectivity index (χ3n) is 7.38. The molecule has 0 aliphatic carbocycles. The van der Waals surface area contributed by atoms with Crippen LogP contribution in [0.1, 0.15) is 54.3 Å². The molecule has 2 aromatic rings. The number of fused-ring (bicyclic) bond motifs is 4. The molecule has 34 heavy (non-hydrogen) atoms. The SMILES string of the molecule is Cc1ccc2c(c1)OC(C)(C)[C@@H]1C[C@H]3CN(C(=O)c4cccc(OCC(=O)O)c4)CC[C@H]3O[C@@H]21. The minimum Gasteiger partial charge on any atom is -0.487 e. The maximum Gasteiger partial charge on any atom is 0.341 e. The molecule has 2 saturated heterocycles. The smallest absolute Gasteiger partial charge is 0.341 e. The predicted molar refractivity (Wildman–Crippen MR) is 125 cm³/mol. The first-order valence-corrected chi connectivity index (χ1v) is 11.9. The number of aliphatic carboxylic acids is 1. The molecular formula is C27H31NO6. The van der Waals surface area contributed by atoms with E-state index in [0.717, 1.165) is 24.2 Å². The molecule has 0 saturated carbocycles. The third kappa shape index (κ3) is 4.25. The fourth-order valence-electron chi connectivity index (χ4n) is 5.64. The Bertz CT molecular complexity index is 1110. The molecule has 0 bridgehead atoms. The van der Waals surface area contributed by atoms with Crippen molar-refractivity contribution >= 4 is 11.9 Å². The number of ether oxygens (including phenoxy) is 3. The number of hydrogen-bond acceptors (Lipinski definition) is 5. The molecular weight excluding hydrogens is 434 g/mol. The van der Waals surface area contributed by atoms with Crippen molar-refractivity contribution in [2.75, 3.05) is 19.7 Å². The summed E-state index contributed by atoms with van der Waals surface area (Å²) in [4.78, 5) is 25.9. The standard InChI is InChI=1S/C27H31NO6/c1-16-7-8-20-23(11-16)34-27(2,3)21-13-18-14-28(10-9-22(18)33-25(20)21)26(31)17-5-4-6-19(12-17)32-15-24(29)30/h4-8,11-12,18,21-22,25H,9-10,13-15H2,1-3H3,(H,29,30)/t18-,21+,22+,25-/m0/s1. The van der Waals surface area contributed by atoms with Crippen molar-refractivity contribution in [1.82, 2.24) is 4.90 Å². The monoisotopic (exact) mass is 465 g/mol. The van der Waals surface area contributed by atoms with Crippen molar-refractivity contribution in [2.24, 2.45) is 11.8 Å². The number of rotatable bonds is 4. The summed E-state index contributed by atoms with van der Waals surface area (Å²) < 4.78 is 18.4. The van der Waals surface area contributed by atoms with Gasteiger partial charge >= 0.3 is 5.97 Å². The van der Waals surface area contributed by atoms with Crippen LogP contribution in [0.2, 0.25) is 0 Å². The molecule has 180 valence electrons. The van der Waals surface area contributed by atoms with Crippen LogP contribution >= 0.6 is 0 Å². The van der Waals surface area contributed by atoms with Gasteiger partial charge in [0.15, 0.2) is 6.61 Å². The van der Waals surface area contributed by atoms with E-state index >= 15 is 0 Å². The average Bonchev–Trinajstić information content (AvgIpc) is 2.81. The Labute approximate surface area is 199 Å². The predicted octanol–water partition coefficient (Wildman–Crippen LogP) is 4.24. The molecule has 0 radical (unpaired) electrons. The van der Waals surface area contributed by atoms with E-state index in [9.17, 15) is 9.59 Å². The highest BCUT2D eigenvalue weighted by Crippen LogP contribution is 2.53. The molecule has 7 nitrogen and oxygen atoms in total. The number of carbonyl (C=O) groups excluding carboxylic acids is 1. The second-order valence-electron chi connectivity index (χ2n) is 10.2. The lowest BCUT2D eigenvalue weighted by molar-refractivity contribution is -0.184. The summed E-state index contributed by atoms with van der Waals surface area (Å²) in [5.74, 6) is 0.611. The molecule has 3 aliphatic heterocycles. The van der Waals surface area contributed by atoms with E-state index in [4.69, 9.17) is 19.3 Å². The van der Waals surface area contributed by atoms with Gasteiger partial charge in [-0.2, -0.15) is 0 Å². The normalized spacial score (nSPS) is 27.0. The molecule has 3 heterocycles. The molecule has 7 heteroatoms. The number of carbonyl (C=O) groups is 2. The van der Waals surface area contributed by atoms with Crippen LogP contribution in [0.4, 0.5) is 0 Å². The lowest BCUT2D eigenvalue weighted by atomic mass is 9.70. The van der Waals surface area contributed by atoms with Crippen LogP contribution < -0.4 is 9.47 Å². The van der Waals surface area contributed by atoms with Crippen LogP contribution in [-0.2, 0) is 9.53 Å². The maximum absolute atomic E-state index is 13.3. The topological polar surface area (TPSA) is 85.3 Å². The van der Waals surface area contributed by atoms with Crippen LogP contribution in [0.5, 0.6) is 11.5 Å². The average molecular weight is 466 g/mol. The summed E-state index contributed by atoms with van der Waals surface area (Å²) in [5.41, 5.74) is 2.44. The summed E-state index contributed by atoms with van der Waals surface area (Å²) in [5, 5.41) is 8.83. The van der Waals surface area contributed by atoms with Gasteiger partial charge in [-0.15, -0.1) is 0 Å². The molecule has 2 fully saturated rings. The zero-order valence-corrected chi connectivity index (χ0v) is 19.8. The first-order valence-electron chi connectivity index (χ1n) is 11.9. The lowest BCUT2D eigenvalue weighted by Crippen LogP contribution is -2.56. The van der Waals surface area contributed by atoms with Gasteiger partial charge < -0.3 is 24.2 Å². The minimum atomic E-state index is -1.05. The molecule has 1 amide bonds. The van der Waals surface area contributed by atoms with E-state index < -0.39 is 12.6 Å². The quantitative estimate of drug-likeness (QED) is 0.727. The van der Waals surface area contributed by atoms with Crippen LogP contribution in [0.3, 0.4) is 0 Å². The summed E-state index contributed by atoms with van der Waals surface area (Å²) in [7, 11) is 0. The fourth-order valence-corrected chi connectivity index (χ4v) is 5.64. The minimum absolute atomic E-state index is 0.00548.